The van der Waals surface area contributed by atoms with Crippen molar-refractivity contribution in [1.82, 2.24) is 0 Å². The number of fused-ring (bicyclic) bond motifs is 23. The summed E-state index contributed by atoms with van der Waals surface area (Å²) < 4.78 is 18.1. The molecule has 0 N–H and O–H groups in total. The van der Waals surface area contributed by atoms with E-state index in [0.29, 0.717) is 5.56 Å². The fourth-order valence-corrected chi connectivity index (χ4v) is 13.2. The molecule has 2 heterocycles. The molecule has 4 nitrogen and oxygen atoms in total. The normalized spacial score (nSPS) is 12.4. The summed E-state index contributed by atoms with van der Waals surface area (Å²) in [6.45, 7) is 4.64. The quantitative estimate of drug-likeness (QED) is 0.0569. The molecule has 14 aromatic carbocycles. The average Bonchev–Trinajstić information content (AvgIpc) is 4.25. The summed E-state index contributed by atoms with van der Waals surface area (Å²) in [6.07, 6.45) is 0. The van der Waals surface area contributed by atoms with Crippen molar-refractivity contribution >= 4 is 159 Å². The standard InChI is InChI=1S/C37H24O.C36H22O3.CH4.CH3.BrH.Mg/c1-37(2)33-14-8-7-13-25(33)30-18-32-31-17-28-24-12-6-5-11-23(24)26-15-21-9-3-4-10-22(21)16-27(26)29(28)19-35(31)38-36(32)20-34(30)37;1-38-36(37)27-13-7-4-10-24(27)23-14-15-34-32(18-23)33-19-30-26-12-6-5-11-25(26)28-16-21-8-2-3-9-22(21)17-29(28)31(30)20-35(33)39-34;;;;/h3-20H,1-2H3;2-20H,1H3;1H4;1H3;1H;/q;;;-1;;+2/p-1. The number of ether oxygens (including phenoxy) is 1. The molecule has 81 heavy (non-hydrogen) atoms. The third-order valence-corrected chi connectivity index (χ3v) is 16.9. The monoisotopic (exact) mass is 1120 g/mol. The van der Waals surface area contributed by atoms with E-state index in [1.54, 1.807) is 6.07 Å². The molecular formula is C75H53BrMgO4. The van der Waals surface area contributed by atoms with Gasteiger partial charge in [0.05, 0.1) is 12.7 Å². The van der Waals surface area contributed by atoms with Crippen LogP contribution in [0.25, 0.3) is 152 Å². The first kappa shape index (κ1) is 53.1. The smallest absolute Gasteiger partial charge is 1.00 e. The maximum Gasteiger partial charge on any atom is 2.00 e. The summed E-state index contributed by atoms with van der Waals surface area (Å²) >= 11 is 0. The van der Waals surface area contributed by atoms with Gasteiger partial charge in [-0.05, 0) is 198 Å². The Balaban J connectivity index is 0.000000153. The van der Waals surface area contributed by atoms with Gasteiger partial charge in [0.15, 0.2) is 0 Å². The van der Waals surface area contributed by atoms with E-state index in [0.717, 1.165) is 44.2 Å². The van der Waals surface area contributed by atoms with Gasteiger partial charge in [0.1, 0.15) is 22.3 Å². The van der Waals surface area contributed by atoms with Crippen molar-refractivity contribution in [3.05, 3.63) is 249 Å². The number of hydrogen-bond acceptors (Lipinski definition) is 4. The van der Waals surface area contributed by atoms with Crippen LogP contribution in [0.2, 0.25) is 0 Å². The van der Waals surface area contributed by atoms with E-state index >= 15 is 0 Å². The number of hydrogen-bond donors (Lipinski definition) is 0. The van der Waals surface area contributed by atoms with Crippen LogP contribution in [-0.4, -0.2) is 36.1 Å². The second-order valence-electron chi connectivity index (χ2n) is 21.4. The Morgan fingerprint density at radius 2 is 0.741 bits per heavy atom. The molecule has 2 aromatic heterocycles. The number of carbonyl (C=O) groups is 1. The Labute approximate surface area is 495 Å². The zero-order valence-electron chi connectivity index (χ0n) is 44.6. The van der Waals surface area contributed by atoms with Crippen molar-refractivity contribution in [3.8, 4) is 22.3 Å². The summed E-state index contributed by atoms with van der Waals surface area (Å²) in [7, 11) is 1.41. The summed E-state index contributed by atoms with van der Waals surface area (Å²) in [5.41, 5.74) is 11.3. The second-order valence-corrected chi connectivity index (χ2v) is 21.4. The number of furan rings is 2. The van der Waals surface area contributed by atoms with Crippen molar-refractivity contribution in [3.63, 3.8) is 0 Å². The van der Waals surface area contributed by atoms with Gasteiger partial charge in [0, 0.05) is 27.0 Å². The van der Waals surface area contributed by atoms with Crippen molar-refractivity contribution in [2.75, 3.05) is 7.11 Å². The molecule has 0 fully saturated rings. The van der Waals surface area contributed by atoms with E-state index in [9.17, 15) is 4.79 Å². The van der Waals surface area contributed by atoms with Gasteiger partial charge < -0.3 is 38.0 Å². The molecule has 17 rings (SSSR count). The molecule has 386 valence electrons. The number of benzene rings is 14. The number of esters is 1. The molecule has 0 bridgehead atoms. The summed E-state index contributed by atoms with van der Waals surface area (Å²) in [5.74, 6) is -0.348. The van der Waals surface area contributed by atoms with Crippen LogP contribution in [-0.2, 0) is 10.2 Å². The Morgan fingerprint density at radius 3 is 1.26 bits per heavy atom. The third kappa shape index (κ3) is 7.94. The Bertz CT molecular complexity index is 5280. The summed E-state index contributed by atoms with van der Waals surface area (Å²) in [5, 5.41) is 24.4. The van der Waals surface area contributed by atoms with Gasteiger partial charge in [-0.2, -0.15) is 0 Å². The van der Waals surface area contributed by atoms with Gasteiger partial charge in [0.2, 0.25) is 0 Å². The van der Waals surface area contributed by atoms with Gasteiger partial charge in [0.25, 0.3) is 0 Å². The Kier molecular flexibility index (Phi) is 13.1. The van der Waals surface area contributed by atoms with Crippen LogP contribution in [0.3, 0.4) is 0 Å². The minimum absolute atomic E-state index is 0. The van der Waals surface area contributed by atoms with E-state index in [4.69, 9.17) is 13.6 Å². The third-order valence-electron chi connectivity index (χ3n) is 16.9. The summed E-state index contributed by atoms with van der Waals surface area (Å²) in [6, 6.07) is 80.2. The molecular weight excluding hydrogens is 1070 g/mol. The SMILES string of the molecule is C.CC1(C)c2ccccc2-c2cc3c(cc21)oc1cc2c4cc5ccccc5cc4c4ccccc4c2cc13.COC(=O)c1ccccc1-c1ccc2oc3cc4c5cc6ccccc6cc5c5ccccc5c4cc3c2c1.[Br-].[CH3-].[Mg+2]. The van der Waals surface area contributed by atoms with Gasteiger partial charge in [-0.3, -0.25) is 0 Å². The van der Waals surface area contributed by atoms with Crippen LogP contribution in [0.1, 0.15) is 42.8 Å². The maximum atomic E-state index is 12.5. The van der Waals surface area contributed by atoms with E-state index in [1.165, 1.54) is 126 Å². The predicted octanol–water partition coefficient (Wildman–Crippen LogP) is 17.9. The zero-order valence-corrected chi connectivity index (χ0v) is 47.6. The van der Waals surface area contributed by atoms with E-state index < -0.39 is 0 Å². The largest absolute Gasteiger partial charge is 2.00 e. The first-order valence-corrected chi connectivity index (χ1v) is 26.4. The zero-order chi connectivity index (χ0) is 51.3. The predicted molar refractivity (Wildman–Crippen MR) is 341 cm³/mol. The number of rotatable bonds is 2. The average molecular weight is 1120 g/mol. The molecule has 0 amide bonds. The Morgan fingerprint density at radius 1 is 0.358 bits per heavy atom. The van der Waals surface area contributed by atoms with Crippen LogP contribution >= 0.6 is 0 Å². The fourth-order valence-electron chi connectivity index (χ4n) is 13.2. The molecule has 0 atom stereocenters. The van der Waals surface area contributed by atoms with E-state index in [1.807, 2.05) is 30.3 Å². The van der Waals surface area contributed by atoms with Crippen LogP contribution < -0.4 is 17.0 Å². The number of halogens is 1. The molecule has 0 spiro atoms. The summed E-state index contributed by atoms with van der Waals surface area (Å²) in [4.78, 5) is 12.5. The minimum Gasteiger partial charge on any atom is -1.00 e. The first-order valence-electron chi connectivity index (χ1n) is 26.4. The van der Waals surface area contributed by atoms with Crippen molar-refractivity contribution in [1.29, 1.82) is 0 Å². The van der Waals surface area contributed by atoms with Gasteiger partial charge in [-0.1, -0.05) is 167 Å². The van der Waals surface area contributed by atoms with Crippen molar-refractivity contribution in [2.24, 2.45) is 0 Å². The molecule has 6 heteroatoms. The van der Waals surface area contributed by atoms with Crippen LogP contribution in [0.15, 0.2) is 233 Å². The van der Waals surface area contributed by atoms with Crippen molar-refractivity contribution < 1.29 is 35.3 Å². The Hall–Kier alpha value is -8.52. The fraction of sp³-hybridized carbons (Fsp3) is 0.0667. The minimum atomic E-state index is -0.348. The molecule has 1 aliphatic rings. The topological polar surface area (TPSA) is 52.6 Å². The van der Waals surface area contributed by atoms with Gasteiger partial charge in [-0.25, -0.2) is 4.79 Å². The number of carbonyl (C=O) groups excluding carboxylic acids is 1. The van der Waals surface area contributed by atoms with Gasteiger partial charge >= 0.3 is 29.0 Å². The van der Waals surface area contributed by atoms with Crippen LogP contribution in [0, 0.1) is 7.43 Å². The first-order chi connectivity index (χ1) is 37.8. The molecule has 0 saturated carbocycles. The van der Waals surface area contributed by atoms with E-state index in [2.05, 4.69) is 202 Å². The molecule has 0 saturated heterocycles. The molecule has 1 aliphatic carbocycles. The van der Waals surface area contributed by atoms with Crippen LogP contribution in [0.5, 0.6) is 0 Å². The van der Waals surface area contributed by atoms with Crippen molar-refractivity contribution in [2.45, 2.75) is 26.7 Å². The van der Waals surface area contributed by atoms with Crippen LogP contribution in [0.4, 0.5) is 0 Å². The molecule has 0 radical (unpaired) electrons. The second kappa shape index (κ2) is 19.9. The van der Waals surface area contributed by atoms with E-state index in [-0.39, 0.29) is 66.3 Å². The molecule has 0 unspecified atom stereocenters. The molecule has 16 aromatic rings. The maximum absolute atomic E-state index is 12.5. The number of methoxy groups -OCH3 is 1. The molecule has 0 aliphatic heterocycles. The van der Waals surface area contributed by atoms with Gasteiger partial charge in [-0.15, -0.1) is 0 Å².